The lowest BCUT2D eigenvalue weighted by Gasteiger charge is -1.91. The van der Waals surface area contributed by atoms with Crippen molar-refractivity contribution in [1.82, 2.24) is 0 Å². The van der Waals surface area contributed by atoms with E-state index < -0.39 is 0 Å². The third-order valence-corrected chi connectivity index (χ3v) is 1.60. The van der Waals surface area contributed by atoms with Crippen molar-refractivity contribution in [2.45, 2.75) is 20.8 Å². The van der Waals surface area contributed by atoms with E-state index in [2.05, 4.69) is 18.3 Å². The van der Waals surface area contributed by atoms with Crippen LogP contribution in [0.15, 0.2) is 29.3 Å². The molecule has 2 heteroatoms. The number of hydrogen-bond donors (Lipinski definition) is 0. The molecule has 0 unspecified atom stereocenters. The Balaban J connectivity index is 0.000000336. The monoisotopic (exact) mass is 158 g/mol. The molecule has 0 saturated heterocycles. The Labute approximate surface area is 74.8 Å². The lowest BCUT2D eigenvalue weighted by Crippen LogP contribution is -2.14. The Kier molecular flexibility index (Phi) is 3.09. The Morgan fingerprint density at radius 3 is 2.50 bits per heavy atom. The topological polar surface area (TPSA) is 12.4 Å². The molecule has 0 spiro atoms. The molecule has 12 heavy (non-hydrogen) atoms. The summed E-state index contributed by atoms with van der Waals surface area (Å²) >= 11 is 0. The van der Waals surface area contributed by atoms with Gasteiger partial charge >= 0.3 is 0 Å². The molecule has 1 aliphatic rings. The Morgan fingerprint density at radius 2 is 1.83 bits per heavy atom. The van der Waals surface area contributed by atoms with Crippen LogP contribution in [0.3, 0.4) is 0 Å². The van der Waals surface area contributed by atoms with Crippen molar-refractivity contribution >= 4 is 24.0 Å². The van der Waals surface area contributed by atoms with E-state index in [1.807, 2.05) is 39.0 Å². The summed E-state index contributed by atoms with van der Waals surface area (Å²) in [6.45, 7) is 6.01. The zero-order valence-corrected chi connectivity index (χ0v) is 7.83. The SMILES string of the molecule is CC.CC1=Nc2ccccc2[B]1. The van der Waals surface area contributed by atoms with Crippen LogP contribution < -0.4 is 5.46 Å². The molecule has 1 aromatic carbocycles. The van der Waals surface area contributed by atoms with Crippen LogP contribution in [0.2, 0.25) is 0 Å². The number of aliphatic imine (C=N–C) groups is 1. The molecule has 0 amide bonds. The average molecular weight is 158 g/mol. The highest BCUT2D eigenvalue weighted by atomic mass is 14.7. The minimum absolute atomic E-state index is 1.10. The van der Waals surface area contributed by atoms with Gasteiger partial charge in [-0.25, -0.2) is 0 Å². The van der Waals surface area contributed by atoms with Gasteiger partial charge in [0, 0.05) is 0 Å². The Morgan fingerprint density at radius 1 is 1.17 bits per heavy atom. The van der Waals surface area contributed by atoms with Crippen molar-refractivity contribution in [3.05, 3.63) is 24.3 Å². The van der Waals surface area contributed by atoms with Gasteiger partial charge in [-0.15, -0.1) is 0 Å². The van der Waals surface area contributed by atoms with Crippen molar-refractivity contribution < 1.29 is 0 Å². The molecule has 1 aromatic rings. The van der Waals surface area contributed by atoms with Gasteiger partial charge in [0.15, 0.2) is 0 Å². The van der Waals surface area contributed by atoms with E-state index in [1.54, 1.807) is 0 Å². The van der Waals surface area contributed by atoms with E-state index in [9.17, 15) is 0 Å². The number of hydrogen-bond acceptors (Lipinski definition) is 1. The average Bonchev–Trinajstić information content (AvgIpc) is 2.48. The lowest BCUT2D eigenvalue weighted by atomic mass is 9.68. The highest BCUT2D eigenvalue weighted by Gasteiger charge is 2.10. The smallest absolute Gasteiger partial charge is 0.213 e. The van der Waals surface area contributed by atoms with Gasteiger partial charge in [0.25, 0.3) is 0 Å². The predicted molar refractivity (Wildman–Crippen MR) is 55.9 cm³/mol. The normalized spacial score (nSPS) is 12.1. The van der Waals surface area contributed by atoms with Gasteiger partial charge < -0.3 is 0 Å². The van der Waals surface area contributed by atoms with Crippen molar-refractivity contribution in [2.75, 3.05) is 0 Å². The third kappa shape index (κ3) is 1.76. The molecule has 61 valence electrons. The van der Waals surface area contributed by atoms with Crippen LogP contribution >= 0.6 is 0 Å². The van der Waals surface area contributed by atoms with Gasteiger partial charge in [-0.1, -0.05) is 37.5 Å². The summed E-state index contributed by atoms with van der Waals surface area (Å²) in [5.74, 6) is 0. The molecule has 0 N–H and O–H groups in total. The van der Waals surface area contributed by atoms with Gasteiger partial charge in [-0.2, -0.15) is 0 Å². The van der Waals surface area contributed by atoms with E-state index in [0.29, 0.717) is 0 Å². The maximum atomic E-state index is 4.31. The molecule has 0 aromatic heterocycles. The first-order chi connectivity index (χ1) is 5.86. The molecule has 0 aliphatic carbocycles. The third-order valence-electron chi connectivity index (χ3n) is 1.60. The van der Waals surface area contributed by atoms with Crippen LogP contribution in [-0.2, 0) is 0 Å². The van der Waals surface area contributed by atoms with Crippen LogP contribution in [0, 0.1) is 0 Å². The molecule has 0 fully saturated rings. The predicted octanol–water partition coefficient (Wildman–Crippen LogP) is 2.11. The van der Waals surface area contributed by atoms with E-state index in [1.165, 1.54) is 5.46 Å². The van der Waals surface area contributed by atoms with Crippen molar-refractivity contribution in [3.8, 4) is 0 Å². The van der Waals surface area contributed by atoms with E-state index >= 15 is 0 Å². The number of para-hydroxylation sites is 1. The lowest BCUT2D eigenvalue weighted by molar-refractivity contribution is 1.50. The molecular formula is C10H13BN. The van der Waals surface area contributed by atoms with Crippen LogP contribution in [0.25, 0.3) is 0 Å². The maximum Gasteiger partial charge on any atom is 0.213 e. The summed E-state index contributed by atoms with van der Waals surface area (Å²) in [4.78, 5) is 4.31. The fourth-order valence-corrected chi connectivity index (χ4v) is 1.16. The second-order valence-electron chi connectivity index (χ2n) is 2.46. The molecule has 0 atom stereocenters. The second-order valence-corrected chi connectivity index (χ2v) is 2.46. The minimum atomic E-state index is 1.10. The van der Waals surface area contributed by atoms with Crippen molar-refractivity contribution in [2.24, 2.45) is 4.99 Å². The van der Waals surface area contributed by atoms with Crippen LogP contribution in [0.5, 0.6) is 0 Å². The molecule has 0 bridgehead atoms. The van der Waals surface area contributed by atoms with Gasteiger partial charge in [0.2, 0.25) is 7.28 Å². The maximum absolute atomic E-state index is 4.31. The summed E-state index contributed by atoms with van der Waals surface area (Å²) < 4.78 is 0. The molecule has 1 heterocycles. The molecule has 2 rings (SSSR count). The summed E-state index contributed by atoms with van der Waals surface area (Å²) in [6, 6.07) is 8.15. The summed E-state index contributed by atoms with van der Waals surface area (Å²) in [5, 5.41) is 0. The first-order valence-corrected chi connectivity index (χ1v) is 4.35. The summed E-state index contributed by atoms with van der Waals surface area (Å²) in [5.41, 5.74) is 3.43. The second kappa shape index (κ2) is 4.10. The van der Waals surface area contributed by atoms with Crippen LogP contribution in [0.4, 0.5) is 5.69 Å². The van der Waals surface area contributed by atoms with Crippen LogP contribution in [0.1, 0.15) is 20.8 Å². The largest absolute Gasteiger partial charge is 0.269 e. The van der Waals surface area contributed by atoms with E-state index in [0.717, 1.165) is 11.3 Å². The fourth-order valence-electron chi connectivity index (χ4n) is 1.16. The fraction of sp³-hybridized carbons (Fsp3) is 0.300. The minimum Gasteiger partial charge on any atom is -0.269 e. The van der Waals surface area contributed by atoms with Crippen LogP contribution in [-0.4, -0.2) is 12.9 Å². The summed E-state index contributed by atoms with van der Waals surface area (Å²) in [6.07, 6.45) is 0. The number of benzene rings is 1. The van der Waals surface area contributed by atoms with Crippen molar-refractivity contribution in [1.29, 1.82) is 0 Å². The van der Waals surface area contributed by atoms with E-state index in [-0.39, 0.29) is 0 Å². The van der Waals surface area contributed by atoms with Crippen molar-refractivity contribution in [3.63, 3.8) is 0 Å². The molecule has 1 nitrogen and oxygen atoms in total. The molecular weight excluding hydrogens is 145 g/mol. The molecule has 0 saturated carbocycles. The van der Waals surface area contributed by atoms with E-state index in [4.69, 9.17) is 0 Å². The summed E-state index contributed by atoms with van der Waals surface area (Å²) in [7, 11) is 2.09. The zero-order valence-electron chi connectivity index (χ0n) is 7.83. The Hall–Kier alpha value is -1.05. The number of rotatable bonds is 0. The highest BCUT2D eigenvalue weighted by Crippen LogP contribution is 2.12. The molecule has 1 radical (unpaired) electrons. The van der Waals surface area contributed by atoms with Gasteiger partial charge in [0.1, 0.15) is 0 Å². The highest BCUT2D eigenvalue weighted by molar-refractivity contribution is 6.87. The Bertz CT molecular complexity index is 292. The number of fused-ring (bicyclic) bond motifs is 1. The van der Waals surface area contributed by atoms with Gasteiger partial charge in [-0.3, -0.25) is 4.99 Å². The quantitative estimate of drug-likeness (QED) is 0.512. The van der Waals surface area contributed by atoms with Gasteiger partial charge in [0.05, 0.1) is 5.69 Å². The first kappa shape index (κ1) is 9.05. The standard InChI is InChI=1S/C8H7BN.C2H6/c1-6-9-7-4-2-3-5-8(7)10-6;1-2/h2-5H,1H3;1-2H3. The molecule has 1 aliphatic heterocycles. The zero-order chi connectivity index (χ0) is 8.97. The number of nitrogens with zero attached hydrogens (tertiary/aromatic N) is 1. The van der Waals surface area contributed by atoms with Gasteiger partial charge in [-0.05, 0) is 18.6 Å². The first-order valence-electron chi connectivity index (χ1n) is 4.35.